The lowest BCUT2D eigenvalue weighted by Gasteiger charge is -2.08. The summed E-state index contributed by atoms with van der Waals surface area (Å²) in [5.74, 6) is 0.785. The van der Waals surface area contributed by atoms with Crippen molar-refractivity contribution >= 4 is 25.8 Å². The lowest BCUT2D eigenvalue weighted by atomic mass is 10.1. The second-order valence-corrected chi connectivity index (χ2v) is 7.73. The first-order chi connectivity index (χ1) is 8.42. The van der Waals surface area contributed by atoms with E-state index in [0.717, 1.165) is 17.4 Å². The Kier molecular flexibility index (Phi) is 6.32. The molecule has 0 bridgehead atoms. The highest BCUT2D eigenvalue weighted by Crippen LogP contribution is 2.15. The van der Waals surface area contributed by atoms with Gasteiger partial charge in [-0.05, 0) is 43.1 Å². The predicted octanol–water partition coefficient (Wildman–Crippen LogP) is 2.86. The first kappa shape index (κ1) is 15.7. The molecule has 3 nitrogen and oxygen atoms in total. The van der Waals surface area contributed by atoms with Crippen LogP contribution in [0.3, 0.4) is 0 Å². The van der Waals surface area contributed by atoms with E-state index >= 15 is 0 Å². The van der Waals surface area contributed by atoms with E-state index in [0.29, 0.717) is 17.4 Å². The summed E-state index contributed by atoms with van der Waals surface area (Å²) in [4.78, 5) is 0.386. The van der Waals surface area contributed by atoms with Crippen LogP contribution < -0.4 is 5.32 Å². The van der Waals surface area contributed by atoms with Crippen LogP contribution >= 0.6 is 15.9 Å². The maximum absolute atomic E-state index is 12.0. The van der Waals surface area contributed by atoms with Gasteiger partial charge in [0.15, 0.2) is 9.84 Å². The fourth-order valence-electron chi connectivity index (χ4n) is 1.48. The van der Waals surface area contributed by atoms with Crippen molar-refractivity contribution in [2.45, 2.75) is 25.2 Å². The van der Waals surface area contributed by atoms with Gasteiger partial charge >= 0.3 is 0 Å². The summed E-state index contributed by atoms with van der Waals surface area (Å²) in [6, 6.07) is 6.76. The minimum absolute atomic E-state index is 0.146. The van der Waals surface area contributed by atoms with E-state index in [1.165, 1.54) is 0 Å². The number of benzene rings is 1. The lowest BCUT2D eigenvalue weighted by molar-refractivity contribution is 0.543. The number of halogens is 1. The van der Waals surface area contributed by atoms with Gasteiger partial charge < -0.3 is 5.32 Å². The minimum Gasteiger partial charge on any atom is -0.316 e. The van der Waals surface area contributed by atoms with Crippen LogP contribution in [0.15, 0.2) is 33.6 Å². The van der Waals surface area contributed by atoms with Crippen LogP contribution in [0.25, 0.3) is 0 Å². The molecule has 0 heterocycles. The Bertz CT molecular complexity index is 454. The van der Waals surface area contributed by atoms with Crippen molar-refractivity contribution in [3.63, 3.8) is 0 Å². The molecule has 1 aromatic rings. The molecule has 0 saturated heterocycles. The molecule has 1 N–H and O–H groups in total. The second-order valence-electron chi connectivity index (χ2n) is 4.71. The number of hydrogen-bond donors (Lipinski definition) is 1. The van der Waals surface area contributed by atoms with Gasteiger partial charge in [-0.1, -0.05) is 29.8 Å². The molecule has 0 saturated carbocycles. The number of sulfone groups is 1. The second kappa shape index (κ2) is 7.26. The van der Waals surface area contributed by atoms with Crippen molar-refractivity contribution in [3.05, 3.63) is 28.7 Å². The molecule has 0 aliphatic rings. The molecule has 0 atom stereocenters. The Morgan fingerprint density at radius 2 is 1.78 bits per heavy atom. The van der Waals surface area contributed by atoms with Crippen molar-refractivity contribution in [2.24, 2.45) is 5.92 Å². The van der Waals surface area contributed by atoms with Gasteiger partial charge in [-0.3, -0.25) is 0 Å². The summed E-state index contributed by atoms with van der Waals surface area (Å²) >= 11 is 3.29. The van der Waals surface area contributed by atoms with E-state index in [9.17, 15) is 8.42 Å². The summed E-state index contributed by atoms with van der Waals surface area (Å²) in [5, 5.41) is 3.17. The van der Waals surface area contributed by atoms with Gasteiger partial charge in [-0.15, -0.1) is 0 Å². The third-order valence-corrected chi connectivity index (χ3v) is 4.88. The predicted molar refractivity (Wildman–Crippen MR) is 78.5 cm³/mol. The zero-order valence-electron chi connectivity index (χ0n) is 10.8. The Labute approximate surface area is 118 Å². The average Bonchev–Trinajstić information content (AvgIpc) is 2.28. The smallest absolute Gasteiger partial charge is 0.179 e. The third kappa shape index (κ3) is 5.50. The molecule has 0 fully saturated rings. The Hall–Kier alpha value is -0.390. The van der Waals surface area contributed by atoms with Crippen molar-refractivity contribution in [2.75, 3.05) is 18.8 Å². The molecule has 1 rings (SSSR count). The molecule has 0 spiro atoms. The minimum atomic E-state index is -3.16. The molecule has 0 amide bonds. The summed E-state index contributed by atoms with van der Waals surface area (Å²) < 4.78 is 24.9. The monoisotopic (exact) mass is 333 g/mol. The highest BCUT2D eigenvalue weighted by atomic mass is 79.9. The van der Waals surface area contributed by atoms with Gasteiger partial charge in [0.25, 0.3) is 0 Å². The highest BCUT2D eigenvalue weighted by molar-refractivity contribution is 9.10. The summed E-state index contributed by atoms with van der Waals surface area (Å²) in [6.07, 6.45) is 1.07. The molecule has 0 aliphatic heterocycles. The Morgan fingerprint density at radius 1 is 1.17 bits per heavy atom. The van der Waals surface area contributed by atoms with Gasteiger partial charge in [-0.25, -0.2) is 8.42 Å². The van der Waals surface area contributed by atoms with E-state index in [-0.39, 0.29) is 5.75 Å². The number of hydrogen-bond acceptors (Lipinski definition) is 3. The van der Waals surface area contributed by atoms with Gasteiger partial charge in [0.2, 0.25) is 0 Å². The molecular formula is C13H20BrNO2S. The van der Waals surface area contributed by atoms with E-state index in [1.54, 1.807) is 24.3 Å². The van der Waals surface area contributed by atoms with Crippen LogP contribution in [0.5, 0.6) is 0 Å². The van der Waals surface area contributed by atoms with E-state index < -0.39 is 9.84 Å². The molecular weight excluding hydrogens is 314 g/mol. The van der Waals surface area contributed by atoms with Crippen molar-refractivity contribution in [1.29, 1.82) is 0 Å². The van der Waals surface area contributed by atoms with Crippen molar-refractivity contribution < 1.29 is 8.42 Å². The molecule has 102 valence electrons. The summed E-state index contributed by atoms with van der Waals surface area (Å²) in [7, 11) is -3.16. The van der Waals surface area contributed by atoms with Crippen LogP contribution in [0, 0.1) is 5.92 Å². The molecule has 0 unspecified atom stereocenters. The maximum Gasteiger partial charge on any atom is 0.179 e. The van der Waals surface area contributed by atoms with Crippen molar-refractivity contribution in [1.82, 2.24) is 5.32 Å². The van der Waals surface area contributed by atoms with Gasteiger partial charge in [-0.2, -0.15) is 0 Å². The quantitative estimate of drug-likeness (QED) is 0.780. The Morgan fingerprint density at radius 3 is 2.33 bits per heavy atom. The molecule has 0 radical (unpaired) electrons. The van der Waals surface area contributed by atoms with Crippen molar-refractivity contribution in [3.8, 4) is 0 Å². The SMILES string of the molecule is CC(C)CCNCCS(=O)(=O)c1ccc(Br)cc1. The van der Waals surface area contributed by atoms with E-state index in [1.807, 2.05) is 0 Å². The van der Waals surface area contributed by atoms with E-state index in [4.69, 9.17) is 0 Å². The van der Waals surface area contributed by atoms with Gasteiger partial charge in [0.1, 0.15) is 0 Å². The summed E-state index contributed by atoms with van der Waals surface area (Å²) in [5.41, 5.74) is 0. The van der Waals surface area contributed by atoms with Crippen LogP contribution in [-0.4, -0.2) is 27.3 Å². The Balaban J connectivity index is 2.43. The largest absolute Gasteiger partial charge is 0.316 e. The van der Waals surface area contributed by atoms with Crippen LogP contribution in [-0.2, 0) is 9.84 Å². The highest BCUT2D eigenvalue weighted by Gasteiger charge is 2.13. The molecule has 1 aromatic carbocycles. The fraction of sp³-hybridized carbons (Fsp3) is 0.538. The zero-order chi connectivity index (χ0) is 13.6. The lowest BCUT2D eigenvalue weighted by Crippen LogP contribution is -2.24. The first-order valence-corrected chi connectivity index (χ1v) is 8.55. The third-order valence-electron chi connectivity index (χ3n) is 2.62. The molecule has 0 aromatic heterocycles. The molecule has 18 heavy (non-hydrogen) atoms. The normalized spacial score (nSPS) is 12.0. The maximum atomic E-state index is 12.0. The first-order valence-electron chi connectivity index (χ1n) is 6.11. The van der Waals surface area contributed by atoms with E-state index in [2.05, 4.69) is 35.1 Å². The summed E-state index contributed by atoms with van der Waals surface area (Å²) in [6.45, 7) is 5.68. The number of rotatable bonds is 7. The van der Waals surface area contributed by atoms with Gasteiger partial charge in [0.05, 0.1) is 10.6 Å². The standard InChI is InChI=1S/C13H20BrNO2S/c1-11(2)7-8-15-9-10-18(16,17)13-5-3-12(14)4-6-13/h3-6,11,15H,7-10H2,1-2H3. The van der Waals surface area contributed by atoms with Crippen LogP contribution in [0.2, 0.25) is 0 Å². The number of nitrogens with one attached hydrogen (secondary N) is 1. The topological polar surface area (TPSA) is 46.2 Å². The fourth-order valence-corrected chi connectivity index (χ4v) is 2.95. The van der Waals surface area contributed by atoms with Crippen LogP contribution in [0.4, 0.5) is 0 Å². The molecule has 0 aliphatic carbocycles. The molecule has 5 heteroatoms. The average molecular weight is 334 g/mol. The van der Waals surface area contributed by atoms with Crippen LogP contribution in [0.1, 0.15) is 20.3 Å². The van der Waals surface area contributed by atoms with Gasteiger partial charge in [0, 0.05) is 11.0 Å². The zero-order valence-corrected chi connectivity index (χ0v) is 13.2.